The number of carbonyl (C=O) groups excluding carboxylic acids is 1. The number of aromatic nitrogens is 2. The van der Waals surface area contributed by atoms with E-state index in [0.717, 1.165) is 12.1 Å². The smallest absolute Gasteiger partial charge is 0.417 e. The molecule has 1 saturated heterocycles. The van der Waals surface area contributed by atoms with Crippen molar-refractivity contribution in [2.45, 2.75) is 32.7 Å². The van der Waals surface area contributed by atoms with Crippen LogP contribution in [0.2, 0.25) is 0 Å². The van der Waals surface area contributed by atoms with Crippen molar-refractivity contribution in [1.29, 1.82) is 5.26 Å². The molecule has 9 nitrogen and oxygen atoms in total. The number of rotatable bonds is 5. The van der Waals surface area contributed by atoms with Crippen molar-refractivity contribution in [1.82, 2.24) is 15.1 Å². The lowest BCUT2D eigenvalue weighted by Crippen LogP contribution is -2.36. The van der Waals surface area contributed by atoms with E-state index in [0.29, 0.717) is 6.07 Å². The molecule has 1 aliphatic heterocycles. The highest BCUT2D eigenvalue weighted by Gasteiger charge is 2.48. The van der Waals surface area contributed by atoms with E-state index in [1.807, 2.05) is 0 Å². The SMILES string of the molecule is CC1(C)CN(Cc2nnc(-c3ccc(O)cc3O)o2)C(=O)[C@@H]1Oc1ccc(C#N)c(C(F)(F)F)c1. The molecule has 2 aromatic carbocycles. The maximum atomic E-state index is 13.3. The Morgan fingerprint density at radius 1 is 1.23 bits per heavy atom. The number of amides is 1. The first kappa shape index (κ1) is 23.9. The Labute approximate surface area is 197 Å². The van der Waals surface area contributed by atoms with E-state index in [-0.39, 0.29) is 47.7 Å². The van der Waals surface area contributed by atoms with E-state index in [1.54, 1.807) is 13.8 Å². The third-order valence-corrected chi connectivity index (χ3v) is 5.52. The van der Waals surface area contributed by atoms with Gasteiger partial charge in [-0.05, 0) is 30.3 Å². The van der Waals surface area contributed by atoms with Crippen molar-refractivity contribution in [2.75, 3.05) is 6.54 Å². The number of phenols is 2. The first-order valence-electron chi connectivity index (χ1n) is 10.3. The number of nitrogens with zero attached hydrogens (tertiary/aromatic N) is 4. The van der Waals surface area contributed by atoms with Gasteiger partial charge in [0.2, 0.25) is 5.89 Å². The summed E-state index contributed by atoms with van der Waals surface area (Å²) in [6.45, 7) is 3.57. The predicted octanol–water partition coefficient (Wildman–Crippen LogP) is 3.85. The Bertz CT molecular complexity index is 1330. The van der Waals surface area contributed by atoms with Gasteiger partial charge in [0.05, 0.1) is 29.3 Å². The molecule has 0 spiro atoms. The summed E-state index contributed by atoms with van der Waals surface area (Å²) in [7, 11) is 0. The number of likely N-dealkylation sites (tertiary alicyclic amines) is 1. The number of nitriles is 1. The van der Waals surface area contributed by atoms with Gasteiger partial charge in [0, 0.05) is 18.0 Å². The van der Waals surface area contributed by atoms with Crippen LogP contribution in [0.4, 0.5) is 13.2 Å². The molecule has 0 aliphatic carbocycles. The molecule has 2 heterocycles. The summed E-state index contributed by atoms with van der Waals surface area (Å²) in [4.78, 5) is 14.5. The monoisotopic (exact) mass is 488 g/mol. The molecule has 0 unspecified atom stereocenters. The Balaban J connectivity index is 1.53. The number of aromatic hydroxyl groups is 2. The fourth-order valence-corrected chi connectivity index (χ4v) is 3.85. The highest BCUT2D eigenvalue weighted by Crippen LogP contribution is 2.38. The van der Waals surface area contributed by atoms with Crippen molar-refractivity contribution in [2.24, 2.45) is 5.41 Å². The van der Waals surface area contributed by atoms with Crippen molar-refractivity contribution in [3.8, 4) is 34.8 Å². The van der Waals surface area contributed by atoms with Crippen molar-refractivity contribution < 1.29 is 37.3 Å². The summed E-state index contributed by atoms with van der Waals surface area (Å²) < 4.78 is 51.1. The van der Waals surface area contributed by atoms with Gasteiger partial charge in [0.25, 0.3) is 11.8 Å². The molecule has 1 aliphatic rings. The van der Waals surface area contributed by atoms with Crippen LogP contribution >= 0.6 is 0 Å². The van der Waals surface area contributed by atoms with Gasteiger partial charge in [-0.2, -0.15) is 18.4 Å². The zero-order valence-electron chi connectivity index (χ0n) is 18.5. The van der Waals surface area contributed by atoms with Crippen molar-refractivity contribution in [3.05, 3.63) is 53.4 Å². The summed E-state index contributed by atoms with van der Waals surface area (Å²) >= 11 is 0. The van der Waals surface area contributed by atoms with E-state index in [2.05, 4.69) is 10.2 Å². The number of alkyl halides is 3. The number of benzene rings is 2. The second-order valence-corrected chi connectivity index (χ2v) is 8.70. The number of hydrogen-bond acceptors (Lipinski definition) is 8. The third kappa shape index (κ3) is 4.70. The van der Waals surface area contributed by atoms with E-state index in [9.17, 15) is 28.2 Å². The summed E-state index contributed by atoms with van der Waals surface area (Å²) in [5.41, 5.74) is -2.28. The Hall–Kier alpha value is -4.27. The third-order valence-electron chi connectivity index (χ3n) is 5.52. The molecule has 182 valence electrons. The lowest BCUT2D eigenvalue weighted by Gasteiger charge is -2.24. The molecule has 4 rings (SSSR count). The number of hydrogen-bond donors (Lipinski definition) is 2. The molecule has 1 atom stereocenters. The second-order valence-electron chi connectivity index (χ2n) is 8.70. The fraction of sp³-hybridized carbons (Fsp3) is 0.304. The van der Waals surface area contributed by atoms with Gasteiger partial charge >= 0.3 is 6.18 Å². The number of phenolic OH excluding ortho intramolecular Hbond substituents is 2. The normalized spacial score (nSPS) is 17.4. The molecule has 1 aromatic heterocycles. The van der Waals surface area contributed by atoms with Crippen LogP contribution in [0.3, 0.4) is 0 Å². The van der Waals surface area contributed by atoms with Crippen LogP contribution in [0.1, 0.15) is 30.9 Å². The second kappa shape index (κ2) is 8.50. The van der Waals surface area contributed by atoms with E-state index >= 15 is 0 Å². The summed E-state index contributed by atoms with van der Waals surface area (Å²) in [6, 6.07) is 8.26. The Morgan fingerprint density at radius 3 is 2.63 bits per heavy atom. The molecule has 0 radical (unpaired) electrons. The van der Waals surface area contributed by atoms with Crippen LogP contribution in [-0.4, -0.2) is 43.9 Å². The molecule has 3 aromatic rings. The zero-order valence-corrected chi connectivity index (χ0v) is 18.5. The van der Waals surface area contributed by atoms with Crippen LogP contribution in [0.25, 0.3) is 11.5 Å². The molecule has 0 saturated carbocycles. The highest BCUT2D eigenvalue weighted by atomic mass is 19.4. The number of carbonyl (C=O) groups is 1. The summed E-state index contributed by atoms with van der Waals surface area (Å²) in [5.74, 6) is -1.05. The molecular weight excluding hydrogens is 469 g/mol. The van der Waals surface area contributed by atoms with Gasteiger partial charge in [-0.1, -0.05) is 13.8 Å². The minimum absolute atomic E-state index is 0.0199. The first-order valence-corrected chi connectivity index (χ1v) is 10.3. The summed E-state index contributed by atoms with van der Waals surface area (Å²) in [6.07, 6.45) is -5.85. The average Bonchev–Trinajstić information content (AvgIpc) is 3.31. The standard InChI is InChI=1S/C23H19F3N4O5/c1-22(2)11-30(10-18-28-29-20(35-18)15-6-4-13(31)7-17(15)32)21(33)19(22)34-14-5-3-12(9-27)16(8-14)23(24,25)26/h3-8,19,31-32H,10-11H2,1-2H3/t19-/m0/s1. The molecule has 1 amide bonds. The Morgan fingerprint density at radius 2 is 1.97 bits per heavy atom. The van der Waals surface area contributed by atoms with Crippen LogP contribution in [0, 0.1) is 16.7 Å². The molecule has 1 fully saturated rings. The van der Waals surface area contributed by atoms with Crippen molar-refractivity contribution in [3.63, 3.8) is 0 Å². The summed E-state index contributed by atoms with van der Waals surface area (Å²) in [5, 5.41) is 36.1. The first-order chi connectivity index (χ1) is 16.4. The van der Waals surface area contributed by atoms with Gasteiger partial charge in [-0.25, -0.2) is 0 Å². The van der Waals surface area contributed by atoms with Gasteiger partial charge in [-0.15, -0.1) is 10.2 Å². The van der Waals surface area contributed by atoms with Gasteiger partial charge in [0.1, 0.15) is 17.2 Å². The topological polar surface area (TPSA) is 133 Å². The van der Waals surface area contributed by atoms with Crippen LogP contribution < -0.4 is 4.74 Å². The van der Waals surface area contributed by atoms with Crippen LogP contribution in [0.5, 0.6) is 17.2 Å². The molecule has 12 heteroatoms. The van der Waals surface area contributed by atoms with Crippen molar-refractivity contribution >= 4 is 5.91 Å². The lowest BCUT2D eigenvalue weighted by atomic mass is 9.89. The zero-order chi connectivity index (χ0) is 25.5. The molecule has 2 N–H and O–H groups in total. The van der Waals surface area contributed by atoms with Gasteiger partial charge in [-0.3, -0.25) is 4.79 Å². The quantitative estimate of drug-likeness (QED) is 0.553. The predicted molar refractivity (Wildman–Crippen MR) is 113 cm³/mol. The van der Waals surface area contributed by atoms with E-state index < -0.39 is 34.7 Å². The maximum Gasteiger partial charge on any atom is 0.417 e. The minimum atomic E-state index is -4.76. The van der Waals surface area contributed by atoms with Gasteiger partial charge in [0.15, 0.2) is 6.10 Å². The number of ether oxygens (including phenoxy) is 1. The Kier molecular flexibility index (Phi) is 5.80. The van der Waals surface area contributed by atoms with Crippen LogP contribution in [-0.2, 0) is 17.5 Å². The minimum Gasteiger partial charge on any atom is -0.508 e. The highest BCUT2D eigenvalue weighted by molar-refractivity contribution is 5.84. The molecular formula is C23H19F3N4O5. The molecule has 35 heavy (non-hydrogen) atoms. The largest absolute Gasteiger partial charge is 0.508 e. The van der Waals surface area contributed by atoms with E-state index in [4.69, 9.17) is 14.4 Å². The van der Waals surface area contributed by atoms with E-state index in [1.165, 1.54) is 29.2 Å². The van der Waals surface area contributed by atoms with Gasteiger partial charge < -0.3 is 24.3 Å². The average molecular weight is 488 g/mol. The number of halogens is 3. The fourth-order valence-electron chi connectivity index (χ4n) is 3.85. The lowest BCUT2D eigenvalue weighted by molar-refractivity contribution is -0.138. The maximum absolute atomic E-state index is 13.3. The van der Waals surface area contributed by atoms with Crippen LogP contribution in [0.15, 0.2) is 40.8 Å². The molecule has 0 bridgehead atoms.